The number of hydrogen-bond donors (Lipinski definition) is 1. The molecule has 0 saturated carbocycles. The Labute approximate surface area is 179 Å². The molecular weight excluding hydrogens is 408 g/mol. The Morgan fingerprint density at radius 3 is 2.53 bits per heavy atom. The fourth-order valence-electron chi connectivity index (χ4n) is 3.20. The van der Waals surface area contributed by atoms with Crippen molar-refractivity contribution in [1.29, 1.82) is 0 Å². The Hall–Kier alpha value is -3.32. The van der Waals surface area contributed by atoms with Crippen molar-refractivity contribution in [3.63, 3.8) is 0 Å². The summed E-state index contributed by atoms with van der Waals surface area (Å²) in [5.74, 6) is -0.754. The van der Waals surface area contributed by atoms with Crippen LogP contribution >= 0.6 is 11.6 Å². The van der Waals surface area contributed by atoms with Gasteiger partial charge in [-0.05, 0) is 48.7 Å². The van der Waals surface area contributed by atoms with Gasteiger partial charge < -0.3 is 9.47 Å². The average Bonchev–Trinajstić information content (AvgIpc) is 2.71. The number of carbonyl (C=O) groups excluding carboxylic acids is 3. The summed E-state index contributed by atoms with van der Waals surface area (Å²) in [6.07, 6.45) is 1.99. The maximum Gasteiger partial charge on any atom is 0.335 e. The highest BCUT2D eigenvalue weighted by atomic mass is 35.5. The number of benzene rings is 2. The summed E-state index contributed by atoms with van der Waals surface area (Å²) in [5, 5.41) is 2.49. The molecule has 156 valence electrons. The van der Waals surface area contributed by atoms with Gasteiger partial charge in [0.25, 0.3) is 11.8 Å². The number of hydrogen-bond acceptors (Lipinski definition) is 5. The van der Waals surface area contributed by atoms with Gasteiger partial charge in [0, 0.05) is 0 Å². The maximum atomic E-state index is 13.1. The summed E-state index contributed by atoms with van der Waals surface area (Å²) < 4.78 is 10.8. The second-order valence-electron chi connectivity index (χ2n) is 6.41. The third-order valence-electron chi connectivity index (χ3n) is 4.56. The lowest BCUT2D eigenvalue weighted by Crippen LogP contribution is -2.54. The number of urea groups is 1. The molecule has 8 heteroatoms. The van der Waals surface area contributed by atoms with Gasteiger partial charge in [0.05, 0.1) is 24.4 Å². The van der Waals surface area contributed by atoms with E-state index in [0.29, 0.717) is 35.8 Å². The predicted octanol–water partition coefficient (Wildman–Crippen LogP) is 3.98. The van der Waals surface area contributed by atoms with Gasteiger partial charge in [-0.3, -0.25) is 14.9 Å². The van der Waals surface area contributed by atoms with Crippen molar-refractivity contribution in [3.05, 3.63) is 58.1 Å². The number of rotatable bonds is 6. The molecule has 1 fully saturated rings. The second kappa shape index (κ2) is 9.00. The summed E-state index contributed by atoms with van der Waals surface area (Å²) in [6.45, 7) is 4.11. The number of anilines is 1. The van der Waals surface area contributed by atoms with Crippen LogP contribution in [0.2, 0.25) is 5.02 Å². The minimum absolute atomic E-state index is 0.191. The molecule has 30 heavy (non-hydrogen) atoms. The first-order chi connectivity index (χ1) is 14.4. The van der Waals surface area contributed by atoms with Crippen LogP contribution in [0.25, 0.3) is 6.08 Å². The molecule has 1 N–H and O–H groups in total. The van der Waals surface area contributed by atoms with E-state index < -0.39 is 17.8 Å². The van der Waals surface area contributed by atoms with Gasteiger partial charge in [-0.15, -0.1) is 0 Å². The number of carbonyl (C=O) groups is 3. The summed E-state index contributed by atoms with van der Waals surface area (Å²) >= 11 is 6.26. The van der Waals surface area contributed by atoms with E-state index in [-0.39, 0.29) is 10.6 Å². The standard InChI is InChI=1S/C22H21ClN2O5/c1-4-14-8-6-7-9-17(14)25-21(27)15(20(26)24-22(25)28)10-13-11-16(23)19(29-3)18(12-13)30-5-2/h6-12H,4-5H2,1-3H3,(H,24,26,28)/b15-10-. The van der Waals surface area contributed by atoms with Crippen LogP contribution in [0.15, 0.2) is 42.0 Å². The van der Waals surface area contributed by atoms with Crippen molar-refractivity contribution in [2.24, 2.45) is 0 Å². The molecule has 0 radical (unpaired) electrons. The third kappa shape index (κ3) is 4.02. The van der Waals surface area contributed by atoms with Gasteiger partial charge in [0.15, 0.2) is 11.5 Å². The maximum absolute atomic E-state index is 13.1. The molecule has 1 heterocycles. The van der Waals surface area contributed by atoms with Gasteiger partial charge in [-0.1, -0.05) is 36.7 Å². The number of para-hydroxylation sites is 1. The van der Waals surface area contributed by atoms with E-state index >= 15 is 0 Å². The van der Waals surface area contributed by atoms with E-state index in [2.05, 4.69) is 5.32 Å². The SMILES string of the molecule is CCOc1cc(/C=C2/C(=O)NC(=O)N(c3ccccc3CC)C2=O)cc(Cl)c1OC. The number of imide groups is 2. The molecule has 2 aromatic carbocycles. The number of methoxy groups -OCH3 is 1. The van der Waals surface area contributed by atoms with E-state index in [0.717, 1.165) is 10.5 Å². The molecule has 7 nitrogen and oxygen atoms in total. The molecule has 0 bridgehead atoms. The van der Waals surface area contributed by atoms with Gasteiger partial charge in [0.1, 0.15) is 5.57 Å². The van der Waals surface area contributed by atoms with Crippen LogP contribution in [-0.2, 0) is 16.0 Å². The fraction of sp³-hybridized carbons (Fsp3) is 0.227. The Morgan fingerprint density at radius 2 is 1.87 bits per heavy atom. The van der Waals surface area contributed by atoms with Gasteiger partial charge >= 0.3 is 6.03 Å². The third-order valence-corrected chi connectivity index (χ3v) is 4.84. The number of barbiturate groups is 1. The number of halogens is 1. The minimum Gasteiger partial charge on any atom is -0.491 e. The highest BCUT2D eigenvalue weighted by Crippen LogP contribution is 2.37. The van der Waals surface area contributed by atoms with Crippen molar-refractivity contribution >= 4 is 41.2 Å². The number of aryl methyl sites for hydroxylation is 1. The smallest absolute Gasteiger partial charge is 0.335 e. The van der Waals surface area contributed by atoms with E-state index in [1.54, 1.807) is 24.3 Å². The highest BCUT2D eigenvalue weighted by molar-refractivity contribution is 6.39. The number of amides is 4. The zero-order valence-electron chi connectivity index (χ0n) is 16.8. The van der Waals surface area contributed by atoms with Crippen LogP contribution in [0.5, 0.6) is 11.5 Å². The van der Waals surface area contributed by atoms with Crippen LogP contribution < -0.4 is 19.7 Å². The van der Waals surface area contributed by atoms with Gasteiger partial charge in [0.2, 0.25) is 0 Å². The fourth-order valence-corrected chi connectivity index (χ4v) is 3.50. The van der Waals surface area contributed by atoms with E-state index in [1.165, 1.54) is 13.2 Å². The Balaban J connectivity index is 2.07. The van der Waals surface area contributed by atoms with Crippen molar-refractivity contribution in [2.45, 2.75) is 20.3 Å². The molecule has 1 saturated heterocycles. The van der Waals surface area contributed by atoms with Gasteiger partial charge in [-0.25, -0.2) is 9.69 Å². The molecule has 2 aromatic rings. The normalized spacial score (nSPS) is 15.4. The van der Waals surface area contributed by atoms with Crippen LogP contribution in [0.3, 0.4) is 0 Å². The van der Waals surface area contributed by atoms with Crippen LogP contribution in [0.4, 0.5) is 10.5 Å². The molecule has 4 amide bonds. The van der Waals surface area contributed by atoms with Crippen LogP contribution in [-0.4, -0.2) is 31.6 Å². The zero-order chi connectivity index (χ0) is 21.8. The van der Waals surface area contributed by atoms with Crippen molar-refractivity contribution < 1.29 is 23.9 Å². The van der Waals surface area contributed by atoms with Crippen molar-refractivity contribution in [3.8, 4) is 11.5 Å². The quantitative estimate of drug-likeness (QED) is 0.555. The monoisotopic (exact) mass is 428 g/mol. The predicted molar refractivity (Wildman–Crippen MR) is 114 cm³/mol. The lowest BCUT2D eigenvalue weighted by Gasteiger charge is -2.28. The van der Waals surface area contributed by atoms with E-state index in [4.69, 9.17) is 21.1 Å². The van der Waals surface area contributed by atoms with Crippen molar-refractivity contribution in [1.82, 2.24) is 5.32 Å². The Morgan fingerprint density at radius 1 is 1.13 bits per heavy atom. The summed E-state index contributed by atoms with van der Waals surface area (Å²) in [6, 6.07) is 9.43. The van der Waals surface area contributed by atoms with Crippen LogP contribution in [0, 0.1) is 0 Å². The number of ether oxygens (including phenoxy) is 2. The van der Waals surface area contributed by atoms with E-state index in [9.17, 15) is 14.4 Å². The number of nitrogens with zero attached hydrogens (tertiary/aromatic N) is 1. The molecule has 1 aliphatic heterocycles. The lowest BCUT2D eigenvalue weighted by molar-refractivity contribution is -0.122. The van der Waals surface area contributed by atoms with Gasteiger partial charge in [-0.2, -0.15) is 0 Å². The molecule has 0 atom stereocenters. The topological polar surface area (TPSA) is 84.9 Å². The van der Waals surface area contributed by atoms with Crippen LogP contribution in [0.1, 0.15) is 25.0 Å². The molecule has 0 spiro atoms. The Bertz CT molecular complexity index is 1050. The summed E-state index contributed by atoms with van der Waals surface area (Å²) in [7, 11) is 1.47. The number of nitrogens with one attached hydrogen (secondary N) is 1. The largest absolute Gasteiger partial charge is 0.491 e. The first-order valence-corrected chi connectivity index (χ1v) is 9.78. The molecule has 3 rings (SSSR count). The van der Waals surface area contributed by atoms with Crippen molar-refractivity contribution in [2.75, 3.05) is 18.6 Å². The zero-order valence-corrected chi connectivity index (χ0v) is 17.6. The second-order valence-corrected chi connectivity index (χ2v) is 6.81. The molecule has 0 aromatic heterocycles. The minimum atomic E-state index is -0.786. The highest BCUT2D eigenvalue weighted by Gasteiger charge is 2.37. The first-order valence-electron chi connectivity index (χ1n) is 9.40. The molecule has 1 aliphatic rings. The molecule has 0 unspecified atom stereocenters. The average molecular weight is 429 g/mol. The summed E-state index contributed by atoms with van der Waals surface area (Å²) in [4.78, 5) is 39.0. The van der Waals surface area contributed by atoms with E-state index in [1.807, 2.05) is 26.0 Å². The molecular formula is C22H21ClN2O5. The Kier molecular flexibility index (Phi) is 6.42. The molecule has 0 aliphatic carbocycles. The summed E-state index contributed by atoms with van der Waals surface area (Å²) in [5.41, 5.74) is 1.51. The lowest BCUT2D eigenvalue weighted by atomic mass is 10.0. The first kappa shape index (κ1) is 21.4.